The van der Waals surface area contributed by atoms with E-state index in [9.17, 15) is 9.18 Å². The van der Waals surface area contributed by atoms with Gasteiger partial charge in [0.2, 0.25) is 5.91 Å². The fourth-order valence-corrected chi connectivity index (χ4v) is 0.998. The van der Waals surface area contributed by atoms with E-state index in [2.05, 4.69) is 0 Å². The Bertz CT molecular complexity index is 358. The van der Waals surface area contributed by atoms with Crippen LogP contribution in [-0.4, -0.2) is 5.91 Å². The van der Waals surface area contributed by atoms with Gasteiger partial charge in [0.15, 0.2) is 0 Å². The van der Waals surface area contributed by atoms with E-state index >= 15 is 0 Å². The summed E-state index contributed by atoms with van der Waals surface area (Å²) in [6, 6.07) is 4.35. The lowest BCUT2D eigenvalue weighted by atomic mass is 10.1. The van der Waals surface area contributed by atoms with E-state index in [-0.39, 0.29) is 5.82 Å². The second-order valence-electron chi connectivity index (χ2n) is 2.74. The molecule has 0 heterocycles. The predicted octanol–water partition coefficient (Wildman–Crippen LogP) is 1.63. The molecule has 0 unspecified atom stereocenters. The largest absolute Gasteiger partial charge is 0.366 e. The molecule has 2 N–H and O–H groups in total. The van der Waals surface area contributed by atoms with Crippen LogP contribution >= 0.6 is 0 Å². The van der Waals surface area contributed by atoms with Gasteiger partial charge in [-0.2, -0.15) is 0 Å². The van der Waals surface area contributed by atoms with Gasteiger partial charge in [-0.25, -0.2) is 4.39 Å². The van der Waals surface area contributed by atoms with Gasteiger partial charge >= 0.3 is 0 Å². The van der Waals surface area contributed by atoms with Gasteiger partial charge in [0.25, 0.3) is 0 Å². The summed E-state index contributed by atoms with van der Waals surface area (Å²) in [5, 5.41) is 0. The molecule has 0 saturated heterocycles. The van der Waals surface area contributed by atoms with Crippen LogP contribution < -0.4 is 5.73 Å². The zero-order valence-corrected chi connectivity index (χ0v) is 7.25. The maximum Gasteiger partial charge on any atom is 0.241 e. The highest BCUT2D eigenvalue weighted by atomic mass is 19.1. The molecular formula is C10H10FNO. The smallest absolute Gasteiger partial charge is 0.241 e. The van der Waals surface area contributed by atoms with Gasteiger partial charge in [0.1, 0.15) is 5.82 Å². The lowest BCUT2D eigenvalue weighted by Gasteiger charge is -1.98. The monoisotopic (exact) mass is 179 g/mol. The van der Waals surface area contributed by atoms with Crippen LogP contribution in [0.25, 0.3) is 6.08 Å². The topological polar surface area (TPSA) is 43.1 Å². The Morgan fingerprint density at radius 1 is 1.54 bits per heavy atom. The van der Waals surface area contributed by atoms with Crippen molar-refractivity contribution in [2.24, 2.45) is 5.73 Å². The maximum atomic E-state index is 12.6. The molecule has 0 saturated carbocycles. The van der Waals surface area contributed by atoms with E-state index in [1.807, 2.05) is 0 Å². The molecule has 1 aromatic carbocycles. The van der Waals surface area contributed by atoms with Crippen LogP contribution in [-0.2, 0) is 4.79 Å². The first-order valence-corrected chi connectivity index (χ1v) is 3.83. The minimum absolute atomic E-state index is 0.284. The minimum atomic E-state index is -0.510. The van der Waals surface area contributed by atoms with Gasteiger partial charge in [0, 0.05) is 6.08 Å². The van der Waals surface area contributed by atoms with E-state index in [4.69, 9.17) is 5.73 Å². The number of carbonyl (C=O) groups is 1. The van der Waals surface area contributed by atoms with E-state index in [1.54, 1.807) is 19.1 Å². The Labute approximate surface area is 75.9 Å². The van der Waals surface area contributed by atoms with E-state index in [0.29, 0.717) is 0 Å². The highest BCUT2D eigenvalue weighted by Crippen LogP contribution is 2.11. The zero-order chi connectivity index (χ0) is 9.84. The number of aryl methyl sites for hydroxylation is 1. The van der Waals surface area contributed by atoms with Crippen molar-refractivity contribution >= 4 is 12.0 Å². The quantitative estimate of drug-likeness (QED) is 0.689. The normalized spacial score (nSPS) is 10.6. The predicted molar refractivity (Wildman–Crippen MR) is 49.4 cm³/mol. The molecular weight excluding hydrogens is 169 g/mol. The summed E-state index contributed by atoms with van der Waals surface area (Å²) in [7, 11) is 0. The first-order valence-electron chi connectivity index (χ1n) is 3.83. The molecule has 13 heavy (non-hydrogen) atoms. The van der Waals surface area contributed by atoms with Crippen molar-refractivity contribution in [1.82, 2.24) is 0 Å². The average molecular weight is 179 g/mol. The molecule has 0 spiro atoms. The lowest BCUT2D eigenvalue weighted by molar-refractivity contribution is -0.113. The second kappa shape index (κ2) is 3.85. The zero-order valence-electron chi connectivity index (χ0n) is 7.25. The minimum Gasteiger partial charge on any atom is -0.366 e. The summed E-state index contributed by atoms with van der Waals surface area (Å²) in [6.45, 7) is 1.77. The number of hydrogen-bond donors (Lipinski definition) is 1. The van der Waals surface area contributed by atoms with Crippen LogP contribution in [0.2, 0.25) is 0 Å². The number of primary amides is 1. The molecule has 0 bridgehead atoms. The highest BCUT2D eigenvalue weighted by Gasteiger charge is 1.96. The van der Waals surface area contributed by atoms with Gasteiger partial charge in [0.05, 0.1) is 0 Å². The van der Waals surface area contributed by atoms with Gasteiger partial charge in [-0.3, -0.25) is 4.79 Å². The molecule has 0 aliphatic rings. The van der Waals surface area contributed by atoms with Crippen LogP contribution in [0.3, 0.4) is 0 Å². The third-order valence-electron chi connectivity index (χ3n) is 1.66. The van der Waals surface area contributed by atoms with Crippen molar-refractivity contribution in [3.63, 3.8) is 0 Å². The van der Waals surface area contributed by atoms with Crippen molar-refractivity contribution in [3.8, 4) is 0 Å². The summed E-state index contributed by atoms with van der Waals surface area (Å²) in [5.74, 6) is -0.794. The third-order valence-corrected chi connectivity index (χ3v) is 1.66. The molecule has 2 nitrogen and oxygen atoms in total. The molecule has 1 amide bonds. The Hall–Kier alpha value is -1.64. The fourth-order valence-electron chi connectivity index (χ4n) is 0.998. The van der Waals surface area contributed by atoms with E-state index in [0.717, 1.165) is 11.1 Å². The maximum absolute atomic E-state index is 12.6. The number of halogens is 1. The van der Waals surface area contributed by atoms with Gasteiger partial charge in [-0.05, 0) is 36.3 Å². The molecule has 0 atom stereocenters. The molecule has 3 heteroatoms. The van der Waals surface area contributed by atoms with E-state index < -0.39 is 5.91 Å². The Balaban J connectivity index is 2.96. The summed E-state index contributed by atoms with van der Waals surface area (Å²) < 4.78 is 12.6. The summed E-state index contributed by atoms with van der Waals surface area (Å²) in [4.78, 5) is 10.4. The Kier molecular flexibility index (Phi) is 2.80. The molecule has 0 aromatic heterocycles. The Morgan fingerprint density at radius 3 is 2.77 bits per heavy atom. The van der Waals surface area contributed by atoms with Crippen molar-refractivity contribution < 1.29 is 9.18 Å². The van der Waals surface area contributed by atoms with Crippen LogP contribution in [0, 0.1) is 12.7 Å². The van der Waals surface area contributed by atoms with Crippen molar-refractivity contribution in [3.05, 3.63) is 41.2 Å². The standard InChI is InChI=1S/C10H10FNO/c1-7-6-9(11)4-2-8(7)3-5-10(12)13/h2-6H,1H3,(H2,12,13)/b5-3-. The number of benzene rings is 1. The molecule has 0 fully saturated rings. The number of carbonyl (C=O) groups excluding carboxylic acids is 1. The molecule has 1 rings (SSSR count). The number of amides is 1. The molecule has 0 radical (unpaired) electrons. The number of nitrogens with two attached hydrogens (primary N) is 1. The second-order valence-corrected chi connectivity index (χ2v) is 2.74. The molecule has 0 aliphatic heterocycles. The fraction of sp³-hybridized carbons (Fsp3) is 0.100. The number of rotatable bonds is 2. The number of hydrogen-bond acceptors (Lipinski definition) is 1. The van der Waals surface area contributed by atoms with Crippen LogP contribution in [0.4, 0.5) is 4.39 Å². The summed E-state index contributed by atoms with van der Waals surface area (Å²) in [5.41, 5.74) is 6.49. The molecule has 0 aliphatic carbocycles. The van der Waals surface area contributed by atoms with Crippen LogP contribution in [0.15, 0.2) is 24.3 Å². The SMILES string of the molecule is Cc1cc(F)ccc1/C=C\C(N)=O. The first kappa shape index (κ1) is 9.45. The van der Waals surface area contributed by atoms with Gasteiger partial charge in [-0.1, -0.05) is 6.07 Å². The Morgan fingerprint density at radius 2 is 2.23 bits per heavy atom. The average Bonchev–Trinajstić information content (AvgIpc) is 2.02. The molecule has 68 valence electrons. The molecule has 1 aromatic rings. The summed E-state index contributed by atoms with van der Waals surface area (Å²) >= 11 is 0. The lowest BCUT2D eigenvalue weighted by Crippen LogP contribution is -2.05. The first-order chi connectivity index (χ1) is 6.09. The third kappa shape index (κ3) is 2.71. The van der Waals surface area contributed by atoms with Gasteiger partial charge < -0.3 is 5.73 Å². The summed E-state index contributed by atoms with van der Waals surface area (Å²) in [6.07, 6.45) is 2.82. The van der Waals surface area contributed by atoms with Crippen LogP contribution in [0.5, 0.6) is 0 Å². The van der Waals surface area contributed by atoms with Gasteiger partial charge in [-0.15, -0.1) is 0 Å². The van der Waals surface area contributed by atoms with Crippen LogP contribution in [0.1, 0.15) is 11.1 Å². The van der Waals surface area contributed by atoms with E-state index in [1.165, 1.54) is 18.2 Å². The van der Waals surface area contributed by atoms with Crippen molar-refractivity contribution in [2.75, 3.05) is 0 Å². The highest BCUT2D eigenvalue weighted by molar-refractivity contribution is 5.90. The van der Waals surface area contributed by atoms with Crippen molar-refractivity contribution in [2.45, 2.75) is 6.92 Å². The van der Waals surface area contributed by atoms with Crippen molar-refractivity contribution in [1.29, 1.82) is 0 Å².